The lowest BCUT2D eigenvalue weighted by Crippen LogP contribution is -2.26. The Bertz CT molecular complexity index is 682. The zero-order valence-corrected chi connectivity index (χ0v) is 12.3. The molecule has 0 amide bonds. The monoisotopic (exact) mass is 313 g/mol. The van der Waals surface area contributed by atoms with E-state index in [-0.39, 0.29) is 10.9 Å². The molecular weight excluding hydrogens is 302 g/mol. The molecule has 19 heavy (non-hydrogen) atoms. The van der Waals surface area contributed by atoms with E-state index in [0.29, 0.717) is 10.9 Å². The van der Waals surface area contributed by atoms with Crippen LogP contribution < -0.4 is 4.72 Å². The number of sulfonamides is 1. The third-order valence-electron chi connectivity index (χ3n) is 3.11. The lowest BCUT2D eigenvalue weighted by Gasteiger charge is -2.06. The van der Waals surface area contributed by atoms with Crippen molar-refractivity contribution in [1.82, 2.24) is 4.72 Å². The zero-order valence-electron chi connectivity index (χ0n) is 9.91. The van der Waals surface area contributed by atoms with Gasteiger partial charge in [-0.1, -0.05) is 23.7 Å². The number of thiophene rings is 1. The van der Waals surface area contributed by atoms with Gasteiger partial charge in [0.1, 0.15) is 0 Å². The summed E-state index contributed by atoms with van der Waals surface area (Å²) >= 11 is 7.49. The third-order valence-corrected chi connectivity index (χ3v) is 5.84. The van der Waals surface area contributed by atoms with Gasteiger partial charge in [-0.2, -0.15) is 0 Å². The number of hydrogen-bond acceptors (Lipinski definition) is 3. The van der Waals surface area contributed by atoms with Crippen molar-refractivity contribution in [1.29, 1.82) is 0 Å². The minimum absolute atomic E-state index is 0.00244. The summed E-state index contributed by atoms with van der Waals surface area (Å²) in [5.74, 6) is 0.314. The Balaban J connectivity index is 1.74. The van der Waals surface area contributed by atoms with E-state index in [2.05, 4.69) is 4.72 Å². The lowest BCUT2D eigenvalue weighted by molar-refractivity contribution is 0.580. The largest absolute Gasteiger partial charge is 0.240 e. The fourth-order valence-electron chi connectivity index (χ4n) is 2.04. The number of rotatable bonds is 4. The van der Waals surface area contributed by atoms with Crippen LogP contribution in [0, 0.1) is 0 Å². The first kappa shape index (κ1) is 13.1. The Morgan fingerprint density at radius 1 is 1.26 bits per heavy atom. The summed E-state index contributed by atoms with van der Waals surface area (Å²) in [6, 6.07) is 10.3. The van der Waals surface area contributed by atoms with E-state index >= 15 is 0 Å². The molecule has 1 aromatic heterocycles. The van der Waals surface area contributed by atoms with Crippen LogP contribution in [0.2, 0.25) is 5.02 Å². The summed E-state index contributed by atoms with van der Waals surface area (Å²) in [6.07, 6.45) is 0.861. The maximum atomic E-state index is 12.2. The molecule has 1 N–H and O–H groups in total. The highest BCUT2D eigenvalue weighted by molar-refractivity contribution is 7.89. The highest BCUT2D eigenvalue weighted by atomic mass is 35.5. The van der Waals surface area contributed by atoms with E-state index in [1.807, 2.05) is 17.5 Å². The summed E-state index contributed by atoms with van der Waals surface area (Å²) in [6.45, 7) is 0. The Morgan fingerprint density at radius 2 is 2.11 bits per heavy atom. The average Bonchev–Trinajstić information content (AvgIpc) is 2.91. The van der Waals surface area contributed by atoms with E-state index in [0.717, 1.165) is 6.42 Å². The van der Waals surface area contributed by atoms with Crippen molar-refractivity contribution in [2.75, 3.05) is 0 Å². The second kappa shape index (κ2) is 4.90. The van der Waals surface area contributed by atoms with Gasteiger partial charge >= 0.3 is 0 Å². The topological polar surface area (TPSA) is 46.2 Å². The molecule has 0 bridgehead atoms. The van der Waals surface area contributed by atoms with Crippen molar-refractivity contribution in [2.24, 2.45) is 0 Å². The summed E-state index contributed by atoms with van der Waals surface area (Å²) in [5.41, 5.74) is 0. The van der Waals surface area contributed by atoms with Crippen LogP contribution in [0.1, 0.15) is 17.2 Å². The lowest BCUT2D eigenvalue weighted by atomic mass is 10.3. The summed E-state index contributed by atoms with van der Waals surface area (Å²) in [7, 11) is -3.47. The minimum Gasteiger partial charge on any atom is -0.207 e. The molecule has 2 unspecified atom stereocenters. The quantitative estimate of drug-likeness (QED) is 0.942. The minimum atomic E-state index is -3.47. The molecule has 1 aliphatic carbocycles. The molecule has 1 aliphatic rings. The van der Waals surface area contributed by atoms with E-state index in [1.165, 1.54) is 10.9 Å². The van der Waals surface area contributed by atoms with Crippen LogP contribution in [0.3, 0.4) is 0 Å². The standard InChI is InChI=1S/C13H12ClNO2S2/c14-9-3-1-4-10(7-9)19(16,17)15-12-8-11(12)13-5-2-6-18-13/h1-7,11-12,15H,8H2. The van der Waals surface area contributed by atoms with Gasteiger partial charge in [0.2, 0.25) is 10.0 Å². The zero-order chi connectivity index (χ0) is 13.5. The van der Waals surface area contributed by atoms with Crippen LogP contribution in [0.25, 0.3) is 0 Å². The molecule has 0 saturated heterocycles. The van der Waals surface area contributed by atoms with Crippen molar-refractivity contribution in [3.05, 3.63) is 51.7 Å². The molecule has 1 heterocycles. The Hall–Kier alpha value is -0.880. The van der Waals surface area contributed by atoms with Crippen molar-refractivity contribution >= 4 is 33.0 Å². The first-order valence-corrected chi connectivity index (χ1v) is 8.62. The van der Waals surface area contributed by atoms with Crippen molar-refractivity contribution < 1.29 is 8.42 Å². The van der Waals surface area contributed by atoms with Gasteiger partial charge in [0.15, 0.2) is 0 Å². The van der Waals surface area contributed by atoms with Gasteiger partial charge in [0.25, 0.3) is 0 Å². The van der Waals surface area contributed by atoms with Gasteiger partial charge in [-0.25, -0.2) is 13.1 Å². The molecule has 3 rings (SSSR count). The average molecular weight is 314 g/mol. The fourth-order valence-corrected chi connectivity index (χ4v) is 4.54. The van der Waals surface area contributed by atoms with Crippen LogP contribution in [0.15, 0.2) is 46.7 Å². The maximum absolute atomic E-state index is 12.2. The predicted octanol–water partition coefficient (Wildman–Crippen LogP) is 3.24. The molecule has 0 radical (unpaired) electrons. The second-order valence-corrected chi connectivity index (χ2v) is 7.67. The molecule has 100 valence electrons. The smallest absolute Gasteiger partial charge is 0.207 e. The van der Waals surface area contributed by atoms with Gasteiger partial charge in [-0.05, 0) is 36.1 Å². The Kier molecular flexibility index (Phi) is 3.39. The summed E-state index contributed by atoms with van der Waals surface area (Å²) in [4.78, 5) is 1.45. The van der Waals surface area contributed by atoms with Gasteiger partial charge < -0.3 is 0 Å². The molecule has 2 atom stereocenters. The van der Waals surface area contributed by atoms with E-state index in [4.69, 9.17) is 11.6 Å². The first-order chi connectivity index (χ1) is 9.06. The molecule has 0 spiro atoms. The number of hydrogen-bond donors (Lipinski definition) is 1. The number of halogens is 1. The molecular formula is C13H12ClNO2S2. The van der Waals surface area contributed by atoms with Gasteiger partial charge in [0, 0.05) is 21.9 Å². The molecule has 0 aliphatic heterocycles. The Labute approximate surface area is 121 Å². The normalized spacial score (nSPS) is 22.4. The van der Waals surface area contributed by atoms with Crippen molar-refractivity contribution in [2.45, 2.75) is 23.3 Å². The predicted molar refractivity (Wildman–Crippen MR) is 77.2 cm³/mol. The fraction of sp³-hybridized carbons (Fsp3) is 0.231. The van der Waals surface area contributed by atoms with Gasteiger partial charge in [0.05, 0.1) is 4.90 Å². The van der Waals surface area contributed by atoms with Crippen LogP contribution >= 0.6 is 22.9 Å². The van der Waals surface area contributed by atoms with Gasteiger partial charge in [-0.3, -0.25) is 0 Å². The second-order valence-electron chi connectivity index (χ2n) is 4.54. The summed E-state index contributed by atoms with van der Waals surface area (Å²) in [5, 5.41) is 2.43. The number of benzene rings is 1. The van der Waals surface area contributed by atoms with Crippen LogP contribution in [-0.2, 0) is 10.0 Å². The van der Waals surface area contributed by atoms with Crippen LogP contribution in [0.5, 0.6) is 0 Å². The SMILES string of the molecule is O=S(=O)(NC1CC1c1cccs1)c1cccc(Cl)c1. The molecule has 1 fully saturated rings. The highest BCUT2D eigenvalue weighted by Gasteiger charge is 2.41. The molecule has 1 aromatic carbocycles. The van der Waals surface area contributed by atoms with Crippen molar-refractivity contribution in [3.63, 3.8) is 0 Å². The highest BCUT2D eigenvalue weighted by Crippen LogP contribution is 2.43. The van der Waals surface area contributed by atoms with E-state index in [9.17, 15) is 8.42 Å². The van der Waals surface area contributed by atoms with Gasteiger partial charge in [-0.15, -0.1) is 11.3 Å². The molecule has 3 nitrogen and oxygen atoms in total. The van der Waals surface area contributed by atoms with Crippen LogP contribution in [0.4, 0.5) is 0 Å². The van der Waals surface area contributed by atoms with Crippen molar-refractivity contribution in [3.8, 4) is 0 Å². The third kappa shape index (κ3) is 2.84. The summed E-state index contributed by atoms with van der Waals surface area (Å²) < 4.78 is 27.1. The molecule has 1 saturated carbocycles. The van der Waals surface area contributed by atoms with E-state index in [1.54, 1.807) is 29.5 Å². The molecule has 6 heteroatoms. The first-order valence-electron chi connectivity index (χ1n) is 5.87. The maximum Gasteiger partial charge on any atom is 0.240 e. The number of nitrogens with one attached hydrogen (secondary N) is 1. The van der Waals surface area contributed by atoms with Crippen LogP contribution in [-0.4, -0.2) is 14.5 Å². The van der Waals surface area contributed by atoms with E-state index < -0.39 is 10.0 Å². The Morgan fingerprint density at radius 3 is 2.79 bits per heavy atom. The molecule has 2 aromatic rings.